The van der Waals surface area contributed by atoms with Crippen LogP contribution in [-0.4, -0.2) is 67.4 Å². The van der Waals surface area contributed by atoms with Gasteiger partial charge in [0.2, 0.25) is 6.41 Å². The van der Waals surface area contributed by atoms with Gasteiger partial charge in [-0.1, -0.05) is 23.2 Å². The topological polar surface area (TPSA) is 118 Å². The molecule has 1 amide bonds. The Morgan fingerprint density at radius 1 is 1.08 bits per heavy atom. The first-order chi connectivity index (χ1) is 17.4. The van der Waals surface area contributed by atoms with Crippen LogP contribution in [0.1, 0.15) is 16.7 Å². The Morgan fingerprint density at radius 2 is 1.75 bits per heavy atom. The Labute approximate surface area is 220 Å². The number of halogens is 2. The predicted octanol–water partition coefficient (Wildman–Crippen LogP) is 3.90. The third-order valence-corrected chi connectivity index (χ3v) is 6.10. The van der Waals surface area contributed by atoms with Crippen molar-refractivity contribution in [2.45, 2.75) is 6.61 Å². The van der Waals surface area contributed by atoms with Crippen LogP contribution in [0.2, 0.25) is 10.0 Å². The number of anilines is 2. The van der Waals surface area contributed by atoms with E-state index in [1.165, 1.54) is 12.4 Å². The summed E-state index contributed by atoms with van der Waals surface area (Å²) in [5, 5.41) is 9.50. The van der Waals surface area contributed by atoms with Crippen molar-refractivity contribution >= 4 is 46.8 Å². The Bertz CT molecular complexity index is 1160. The van der Waals surface area contributed by atoms with E-state index in [2.05, 4.69) is 19.6 Å². The zero-order chi connectivity index (χ0) is 26.1. The molecule has 11 heteroatoms. The molecule has 0 radical (unpaired) electrons. The molecule has 0 aliphatic carbocycles. The van der Waals surface area contributed by atoms with Crippen LogP contribution in [0.15, 0.2) is 48.9 Å². The van der Waals surface area contributed by atoms with E-state index in [-0.39, 0.29) is 12.3 Å². The number of aromatic nitrogens is 2. The Hall–Kier alpha value is -3.40. The number of nitrogens with zero attached hydrogens (tertiary/aromatic N) is 4. The van der Waals surface area contributed by atoms with E-state index in [1.54, 1.807) is 43.5 Å². The molecule has 1 aliphatic rings. The van der Waals surface area contributed by atoms with Gasteiger partial charge in [0.15, 0.2) is 0 Å². The van der Waals surface area contributed by atoms with Crippen molar-refractivity contribution in [3.63, 3.8) is 0 Å². The number of rotatable bonds is 7. The molecule has 1 saturated heterocycles. The Morgan fingerprint density at radius 3 is 2.33 bits per heavy atom. The van der Waals surface area contributed by atoms with Crippen molar-refractivity contribution in [1.29, 1.82) is 5.41 Å². The molecular weight excluding hydrogens is 503 g/mol. The summed E-state index contributed by atoms with van der Waals surface area (Å²) in [5.41, 5.74) is 8.65. The van der Waals surface area contributed by atoms with Gasteiger partial charge in [-0.25, -0.2) is 4.98 Å². The number of ether oxygens (including phenoxy) is 2. The van der Waals surface area contributed by atoms with Gasteiger partial charge >= 0.3 is 0 Å². The van der Waals surface area contributed by atoms with Crippen molar-refractivity contribution in [3.05, 3.63) is 75.7 Å². The monoisotopic (exact) mass is 530 g/mol. The quantitative estimate of drug-likeness (QED) is 0.270. The number of piperazine rings is 1. The average molecular weight is 531 g/mol. The number of carbonyl (C=O) groups excluding carboxylic acids is 1. The highest BCUT2D eigenvalue weighted by Crippen LogP contribution is 2.27. The van der Waals surface area contributed by atoms with Crippen LogP contribution in [0.25, 0.3) is 0 Å². The number of nitrogen functional groups attached to an aromatic ring is 1. The highest BCUT2D eigenvalue weighted by molar-refractivity contribution is 6.35. The maximum absolute atomic E-state index is 10.9. The fourth-order valence-electron chi connectivity index (χ4n) is 3.51. The predicted molar refractivity (Wildman–Crippen MR) is 142 cm³/mol. The van der Waals surface area contributed by atoms with Gasteiger partial charge in [0.05, 0.1) is 15.8 Å². The van der Waals surface area contributed by atoms with Gasteiger partial charge in [-0.15, -0.1) is 0 Å². The number of pyridine rings is 2. The van der Waals surface area contributed by atoms with Gasteiger partial charge in [0, 0.05) is 81.4 Å². The second-order valence-corrected chi connectivity index (χ2v) is 8.75. The van der Waals surface area contributed by atoms with Crippen LogP contribution in [0.3, 0.4) is 0 Å². The van der Waals surface area contributed by atoms with Crippen molar-refractivity contribution in [1.82, 2.24) is 14.9 Å². The molecule has 2 aromatic heterocycles. The van der Waals surface area contributed by atoms with Crippen molar-refractivity contribution in [2.75, 3.05) is 51.0 Å². The highest BCUT2D eigenvalue weighted by atomic mass is 35.5. The lowest BCUT2D eigenvalue weighted by atomic mass is 10.0. The van der Waals surface area contributed by atoms with Crippen LogP contribution in [0.4, 0.5) is 11.5 Å². The summed E-state index contributed by atoms with van der Waals surface area (Å²) in [4.78, 5) is 23.2. The molecule has 0 saturated carbocycles. The largest absolute Gasteiger partial charge is 0.489 e. The fourth-order valence-corrected chi connectivity index (χ4v) is 3.98. The summed E-state index contributed by atoms with van der Waals surface area (Å²) in [7, 11) is 3.25. The SMILES string of the molecule is COC.N=C(c1ccc(N2CCN(C=O)CC2)nc1)c1cc(OCc2c(Cl)cncc2Cl)ccc1N. The average Bonchev–Trinajstić information content (AvgIpc) is 2.89. The molecule has 3 N–H and O–H groups in total. The highest BCUT2D eigenvalue weighted by Gasteiger charge is 2.17. The molecule has 190 valence electrons. The molecule has 1 fully saturated rings. The first-order valence-corrected chi connectivity index (χ1v) is 11.8. The molecule has 0 spiro atoms. The smallest absolute Gasteiger partial charge is 0.209 e. The Balaban J connectivity index is 0.00000115. The van der Waals surface area contributed by atoms with Crippen LogP contribution in [0, 0.1) is 5.41 Å². The molecule has 1 aliphatic heterocycles. The second kappa shape index (κ2) is 13.1. The van der Waals surface area contributed by atoms with Crippen molar-refractivity contribution in [2.24, 2.45) is 0 Å². The number of hydrogen-bond acceptors (Lipinski definition) is 8. The number of methoxy groups -OCH3 is 1. The molecule has 0 atom stereocenters. The maximum Gasteiger partial charge on any atom is 0.209 e. The van der Waals surface area contributed by atoms with Gasteiger partial charge in [-0.05, 0) is 30.3 Å². The van der Waals surface area contributed by atoms with E-state index in [0.717, 1.165) is 25.3 Å². The maximum atomic E-state index is 10.9. The van der Waals surface area contributed by atoms with Crippen LogP contribution < -0.4 is 15.4 Å². The van der Waals surface area contributed by atoms with E-state index in [9.17, 15) is 4.79 Å². The molecule has 3 heterocycles. The molecular formula is C25H28Cl2N6O3. The second-order valence-electron chi connectivity index (χ2n) is 7.94. The minimum Gasteiger partial charge on any atom is -0.489 e. The molecule has 3 aromatic rings. The lowest BCUT2D eigenvalue weighted by Crippen LogP contribution is -2.46. The summed E-state index contributed by atoms with van der Waals surface area (Å²) in [5.74, 6) is 1.35. The lowest BCUT2D eigenvalue weighted by Gasteiger charge is -2.33. The van der Waals surface area contributed by atoms with Crippen molar-refractivity contribution in [3.8, 4) is 5.75 Å². The zero-order valence-electron chi connectivity index (χ0n) is 20.1. The Kier molecular flexibility index (Phi) is 9.86. The summed E-state index contributed by atoms with van der Waals surface area (Å²) >= 11 is 12.3. The number of carbonyl (C=O) groups is 1. The van der Waals surface area contributed by atoms with Crippen LogP contribution >= 0.6 is 23.2 Å². The van der Waals surface area contributed by atoms with Gasteiger partial charge in [-0.2, -0.15) is 0 Å². The molecule has 1 aromatic carbocycles. The molecule has 9 nitrogen and oxygen atoms in total. The standard InChI is InChI=1S/C23H22Cl2N6O2.C2H6O/c24-19-11-28-12-20(25)18(19)13-33-16-2-3-21(26)17(9-16)23(27)15-1-4-22(29-10-15)31-7-5-30(14-32)6-8-31;1-3-2/h1-4,9-12,14,27H,5-8,13,26H2;1-2H3. The van der Waals surface area contributed by atoms with E-state index in [0.29, 0.717) is 51.3 Å². The van der Waals surface area contributed by atoms with Crippen LogP contribution in [-0.2, 0) is 16.1 Å². The number of hydrogen-bond donors (Lipinski definition) is 2. The number of benzene rings is 1. The van der Waals surface area contributed by atoms with Gasteiger partial charge in [-0.3, -0.25) is 15.2 Å². The number of nitrogens with one attached hydrogen (secondary N) is 1. The summed E-state index contributed by atoms with van der Waals surface area (Å²) in [6, 6.07) is 8.87. The van der Waals surface area contributed by atoms with Gasteiger partial charge in [0.1, 0.15) is 18.2 Å². The van der Waals surface area contributed by atoms with E-state index in [1.807, 2.05) is 12.1 Å². The summed E-state index contributed by atoms with van der Waals surface area (Å²) < 4.78 is 10.1. The van der Waals surface area contributed by atoms with E-state index < -0.39 is 0 Å². The zero-order valence-corrected chi connectivity index (χ0v) is 21.6. The minimum atomic E-state index is 0.157. The lowest BCUT2D eigenvalue weighted by molar-refractivity contribution is -0.118. The van der Waals surface area contributed by atoms with Gasteiger partial charge in [0.25, 0.3) is 0 Å². The third kappa shape index (κ3) is 6.84. The van der Waals surface area contributed by atoms with Crippen molar-refractivity contribution < 1.29 is 14.3 Å². The molecule has 0 bridgehead atoms. The summed E-state index contributed by atoms with van der Waals surface area (Å²) in [6.07, 6.45) is 5.55. The first kappa shape index (κ1) is 27.2. The van der Waals surface area contributed by atoms with E-state index >= 15 is 0 Å². The fraction of sp³-hybridized carbons (Fsp3) is 0.280. The third-order valence-electron chi connectivity index (χ3n) is 5.45. The molecule has 0 unspecified atom stereocenters. The normalized spacial score (nSPS) is 13.0. The van der Waals surface area contributed by atoms with Crippen LogP contribution in [0.5, 0.6) is 5.75 Å². The minimum absolute atomic E-state index is 0.157. The molecule has 4 rings (SSSR count). The number of amides is 1. The van der Waals surface area contributed by atoms with Gasteiger partial charge < -0.3 is 25.0 Å². The summed E-state index contributed by atoms with van der Waals surface area (Å²) in [6.45, 7) is 2.94. The first-order valence-electron chi connectivity index (χ1n) is 11.1. The van der Waals surface area contributed by atoms with E-state index in [4.69, 9.17) is 39.1 Å². The molecule has 36 heavy (non-hydrogen) atoms. The number of nitrogens with two attached hydrogens (primary N) is 1.